The van der Waals surface area contributed by atoms with Crippen molar-refractivity contribution >= 4 is 6.03 Å². The average molecular weight is 371 g/mol. The predicted octanol–water partition coefficient (Wildman–Crippen LogP) is 1.85. The fourth-order valence-corrected chi connectivity index (χ4v) is 3.18. The van der Waals surface area contributed by atoms with Crippen molar-refractivity contribution < 1.29 is 9.53 Å². The van der Waals surface area contributed by atoms with Crippen molar-refractivity contribution in [1.29, 1.82) is 0 Å². The summed E-state index contributed by atoms with van der Waals surface area (Å²) < 4.78 is 7.29. The van der Waals surface area contributed by atoms with Crippen molar-refractivity contribution in [2.45, 2.75) is 26.6 Å². The molecule has 7 nitrogen and oxygen atoms in total. The Morgan fingerprint density at radius 1 is 1.19 bits per heavy atom. The number of benzene rings is 1. The maximum Gasteiger partial charge on any atom is 0.315 e. The Bertz CT molecular complexity index is 698. The molecule has 27 heavy (non-hydrogen) atoms. The van der Waals surface area contributed by atoms with Crippen LogP contribution in [0.1, 0.15) is 18.1 Å². The van der Waals surface area contributed by atoms with E-state index in [0.29, 0.717) is 19.0 Å². The van der Waals surface area contributed by atoms with Crippen molar-refractivity contribution in [1.82, 2.24) is 25.3 Å². The van der Waals surface area contributed by atoms with Gasteiger partial charge in [0, 0.05) is 51.7 Å². The summed E-state index contributed by atoms with van der Waals surface area (Å²) in [6, 6.07) is 10.1. The van der Waals surface area contributed by atoms with Crippen molar-refractivity contribution in [3.05, 3.63) is 53.9 Å². The zero-order valence-electron chi connectivity index (χ0n) is 15.9. The highest BCUT2D eigenvalue weighted by atomic mass is 16.5. The monoisotopic (exact) mass is 371 g/mol. The molecule has 2 heterocycles. The Morgan fingerprint density at radius 3 is 2.70 bits per heavy atom. The molecule has 0 spiro atoms. The van der Waals surface area contributed by atoms with Crippen LogP contribution in [0.25, 0.3) is 0 Å². The van der Waals surface area contributed by atoms with E-state index in [0.717, 1.165) is 45.0 Å². The maximum absolute atomic E-state index is 12.2. The predicted molar refractivity (Wildman–Crippen MR) is 104 cm³/mol. The highest BCUT2D eigenvalue weighted by molar-refractivity contribution is 5.73. The summed E-state index contributed by atoms with van der Waals surface area (Å²) in [5, 5.41) is 10.1. The number of nitrogens with one attached hydrogen (secondary N) is 2. The highest BCUT2D eigenvalue weighted by Crippen LogP contribution is 2.13. The molecule has 1 atom stereocenters. The number of carbonyl (C=O) groups is 1. The molecule has 1 aromatic heterocycles. The number of urea groups is 1. The van der Waals surface area contributed by atoms with Crippen LogP contribution in [0.5, 0.6) is 0 Å². The second-order valence-corrected chi connectivity index (χ2v) is 7.05. The van der Waals surface area contributed by atoms with Gasteiger partial charge < -0.3 is 15.4 Å². The fourth-order valence-electron chi connectivity index (χ4n) is 3.18. The molecule has 1 aliphatic rings. The molecule has 3 rings (SSSR count). The van der Waals surface area contributed by atoms with Crippen LogP contribution in [0, 0.1) is 5.92 Å². The third-order valence-electron chi connectivity index (χ3n) is 4.72. The van der Waals surface area contributed by atoms with Crippen LogP contribution >= 0.6 is 0 Å². The van der Waals surface area contributed by atoms with Gasteiger partial charge >= 0.3 is 6.03 Å². The standard InChI is InChI=1S/C20H29N5O2/c1-17(15-25-8-4-7-23-25)13-21-20(26)22-14-18-5-2-3-6-19(18)16-24-9-11-27-12-10-24/h2-8,17H,9-16H2,1H3,(H2,21,22,26)/t17-/m1/s1. The molecule has 0 aliphatic carbocycles. The van der Waals surface area contributed by atoms with E-state index in [2.05, 4.69) is 45.8 Å². The lowest BCUT2D eigenvalue weighted by molar-refractivity contribution is 0.0341. The molecule has 0 bridgehead atoms. The molecule has 1 fully saturated rings. The summed E-state index contributed by atoms with van der Waals surface area (Å²) in [4.78, 5) is 14.5. The SMILES string of the molecule is C[C@H](CNC(=O)NCc1ccccc1CN1CCOCC1)Cn1cccn1. The number of hydrogen-bond donors (Lipinski definition) is 2. The first-order valence-electron chi connectivity index (χ1n) is 9.56. The number of carbonyl (C=O) groups excluding carboxylic acids is 1. The number of ether oxygens (including phenoxy) is 1. The van der Waals surface area contributed by atoms with Gasteiger partial charge in [-0.3, -0.25) is 9.58 Å². The molecule has 0 radical (unpaired) electrons. The molecule has 0 unspecified atom stereocenters. The summed E-state index contributed by atoms with van der Waals surface area (Å²) in [5.41, 5.74) is 2.41. The fraction of sp³-hybridized carbons (Fsp3) is 0.500. The third-order valence-corrected chi connectivity index (χ3v) is 4.72. The minimum absolute atomic E-state index is 0.136. The van der Waals surface area contributed by atoms with Gasteiger partial charge in [-0.15, -0.1) is 0 Å². The summed E-state index contributed by atoms with van der Waals surface area (Å²) in [6.07, 6.45) is 3.70. The Kier molecular flexibility index (Phi) is 7.24. The van der Waals surface area contributed by atoms with Gasteiger partial charge in [-0.05, 0) is 23.1 Å². The first kappa shape index (κ1) is 19.4. The first-order valence-corrected chi connectivity index (χ1v) is 9.56. The van der Waals surface area contributed by atoms with E-state index < -0.39 is 0 Å². The van der Waals surface area contributed by atoms with E-state index >= 15 is 0 Å². The zero-order chi connectivity index (χ0) is 18.9. The Hall–Kier alpha value is -2.38. The van der Waals surface area contributed by atoms with Crippen LogP contribution in [-0.2, 0) is 24.4 Å². The van der Waals surface area contributed by atoms with Crippen molar-refractivity contribution in [2.75, 3.05) is 32.8 Å². The largest absolute Gasteiger partial charge is 0.379 e. The number of amides is 2. The summed E-state index contributed by atoms with van der Waals surface area (Å²) >= 11 is 0. The van der Waals surface area contributed by atoms with Gasteiger partial charge in [-0.25, -0.2) is 4.79 Å². The van der Waals surface area contributed by atoms with Gasteiger partial charge in [-0.1, -0.05) is 31.2 Å². The lowest BCUT2D eigenvalue weighted by Crippen LogP contribution is -2.38. The summed E-state index contributed by atoms with van der Waals surface area (Å²) in [6.45, 7) is 8.41. The van der Waals surface area contributed by atoms with E-state index in [1.54, 1.807) is 6.20 Å². The van der Waals surface area contributed by atoms with Crippen molar-refractivity contribution in [3.8, 4) is 0 Å². The number of nitrogens with zero attached hydrogens (tertiary/aromatic N) is 3. The van der Waals surface area contributed by atoms with Crippen molar-refractivity contribution in [2.24, 2.45) is 5.92 Å². The van der Waals surface area contributed by atoms with Crippen LogP contribution in [0.15, 0.2) is 42.7 Å². The second kappa shape index (κ2) is 10.1. The molecule has 2 N–H and O–H groups in total. The molecular formula is C20H29N5O2. The van der Waals surface area contributed by atoms with Crippen LogP contribution in [0.3, 0.4) is 0 Å². The molecular weight excluding hydrogens is 342 g/mol. The van der Waals surface area contributed by atoms with Gasteiger partial charge in [-0.2, -0.15) is 5.10 Å². The zero-order valence-corrected chi connectivity index (χ0v) is 15.9. The van der Waals surface area contributed by atoms with Crippen molar-refractivity contribution in [3.63, 3.8) is 0 Å². The number of morpholine rings is 1. The quantitative estimate of drug-likeness (QED) is 0.743. The minimum Gasteiger partial charge on any atom is -0.379 e. The number of rotatable bonds is 8. The molecule has 2 aromatic rings. The van der Waals surface area contributed by atoms with E-state index in [9.17, 15) is 4.79 Å². The molecule has 0 saturated carbocycles. The van der Waals surface area contributed by atoms with Gasteiger partial charge in [0.2, 0.25) is 0 Å². The van der Waals surface area contributed by atoms with Gasteiger partial charge in [0.15, 0.2) is 0 Å². The normalized spacial score (nSPS) is 16.0. The van der Waals surface area contributed by atoms with E-state index in [1.165, 1.54) is 5.56 Å². The highest BCUT2D eigenvalue weighted by Gasteiger charge is 2.13. The Morgan fingerprint density at radius 2 is 1.96 bits per heavy atom. The van der Waals surface area contributed by atoms with E-state index in [4.69, 9.17) is 4.74 Å². The van der Waals surface area contributed by atoms with Crippen LogP contribution in [-0.4, -0.2) is 53.6 Å². The van der Waals surface area contributed by atoms with Gasteiger partial charge in [0.25, 0.3) is 0 Å². The van der Waals surface area contributed by atoms with E-state index in [1.807, 2.05) is 23.0 Å². The molecule has 1 aromatic carbocycles. The molecule has 146 valence electrons. The first-order chi connectivity index (χ1) is 13.2. The number of aromatic nitrogens is 2. The molecule has 1 aliphatic heterocycles. The van der Waals surface area contributed by atoms with Gasteiger partial charge in [0.05, 0.1) is 13.2 Å². The van der Waals surface area contributed by atoms with Gasteiger partial charge in [0.1, 0.15) is 0 Å². The third kappa shape index (κ3) is 6.37. The minimum atomic E-state index is -0.136. The molecule has 2 amide bonds. The van der Waals surface area contributed by atoms with Crippen LogP contribution < -0.4 is 10.6 Å². The summed E-state index contributed by atoms with van der Waals surface area (Å²) in [7, 11) is 0. The number of hydrogen-bond acceptors (Lipinski definition) is 4. The second-order valence-electron chi connectivity index (χ2n) is 7.05. The summed E-state index contributed by atoms with van der Waals surface area (Å²) in [5.74, 6) is 0.309. The van der Waals surface area contributed by atoms with Crippen LogP contribution in [0.2, 0.25) is 0 Å². The average Bonchev–Trinajstić information content (AvgIpc) is 3.19. The Labute approximate surface area is 160 Å². The molecule has 7 heteroatoms. The smallest absolute Gasteiger partial charge is 0.315 e. The maximum atomic E-state index is 12.2. The Balaban J connectivity index is 1.43. The lowest BCUT2D eigenvalue weighted by Gasteiger charge is -2.27. The molecule has 1 saturated heterocycles. The topological polar surface area (TPSA) is 71.4 Å². The van der Waals surface area contributed by atoms with Crippen LogP contribution in [0.4, 0.5) is 4.79 Å². The van der Waals surface area contributed by atoms with E-state index in [-0.39, 0.29) is 6.03 Å². The lowest BCUT2D eigenvalue weighted by atomic mass is 10.1.